The van der Waals surface area contributed by atoms with Gasteiger partial charge in [-0.3, -0.25) is 9.89 Å². The zero-order chi connectivity index (χ0) is 10.7. The summed E-state index contributed by atoms with van der Waals surface area (Å²) in [5.41, 5.74) is 0.707. The van der Waals surface area contributed by atoms with E-state index in [-0.39, 0.29) is 5.78 Å². The fraction of sp³-hybridized carbons (Fsp3) is 0.100. The highest BCUT2D eigenvalue weighted by Crippen LogP contribution is 2.27. The number of nitrogens with one attached hydrogen (secondary N) is 1. The molecule has 76 valence electrons. The van der Waals surface area contributed by atoms with Crippen LogP contribution in [-0.4, -0.2) is 21.0 Å². The van der Waals surface area contributed by atoms with Crippen LogP contribution in [0.3, 0.4) is 0 Å². The van der Waals surface area contributed by atoms with Crippen LogP contribution in [0.1, 0.15) is 17.3 Å². The van der Waals surface area contributed by atoms with E-state index in [0.717, 1.165) is 4.90 Å². The van der Waals surface area contributed by atoms with Crippen LogP contribution in [0.5, 0.6) is 0 Å². The molecule has 0 bridgehead atoms. The molecule has 1 heterocycles. The van der Waals surface area contributed by atoms with Gasteiger partial charge in [0.2, 0.25) is 0 Å². The number of aromatic nitrogens is 3. The van der Waals surface area contributed by atoms with Crippen molar-refractivity contribution >= 4 is 17.5 Å². The van der Waals surface area contributed by atoms with E-state index in [4.69, 9.17) is 0 Å². The van der Waals surface area contributed by atoms with Gasteiger partial charge in [0.25, 0.3) is 0 Å². The number of nitrogens with zero attached hydrogens (tertiary/aromatic N) is 2. The normalized spacial score (nSPS) is 10.2. The Hall–Kier alpha value is -1.62. The number of aromatic amines is 1. The number of ketones is 1. The summed E-state index contributed by atoms with van der Waals surface area (Å²) in [7, 11) is 0. The number of benzene rings is 1. The quantitative estimate of drug-likeness (QED) is 0.804. The van der Waals surface area contributed by atoms with E-state index in [9.17, 15) is 4.79 Å². The van der Waals surface area contributed by atoms with Crippen LogP contribution in [0.15, 0.2) is 40.6 Å². The van der Waals surface area contributed by atoms with Crippen LogP contribution in [0.4, 0.5) is 0 Å². The van der Waals surface area contributed by atoms with E-state index in [1.807, 2.05) is 18.2 Å². The average Bonchev–Trinajstić information content (AvgIpc) is 2.71. The standard InChI is InChI=1S/C10H9N3OS/c1-7(14)8-4-2-3-5-9(8)15-10-11-6-12-13-10/h2-6H,1H3,(H,11,12,13). The van der Waals surface area contributed by atoms with Gasteiger partial charge in [0, 0.05) is 10.5 Å². The number of hydrogen-bond acceptors (Lipinski definition) is 4. The minimum absolute atomic E-state index is 0.0533. The maximum absolute atomic E-state index is 11.3. The minimum atomic E-state index is 0.0533. The molecule has 0 unspecified atom stereocenters. The van der Waals surface area contributed by atoms with Gasteiger partial charge in [-0.05, 0) is 24.8 Å². The van der Waals surface area contributed by atoms with Crippen LogP contribution >= 0.6 is 11.8 Å². The predicted molar refractivity (Wildman–Crippen MR) is 57.0 cm³/mol. The van der Waals surface area contributed by atoms with E-state index in [1.165, 1.54) is 18.1 Å². The van der Waals surface area contributed by atoms with Gasteiger partial charge in [-0.1, -0.05) is 18.2 Å². The van der Waals surface area contributed by atoms with Crippen LogP contribution in [0.2, 0.25) is 0 Å². The van der Waals surface area contributed by atoms with Crippen LogP contribution in [0, 0.1) is 0 Å². The predicted octanol–water partition coefficient (Wildman–Crippen LogP) is 2.16. The molecular weight excluding hydrogens is 210 g/mol. The first-order valence-electron chi connectivity index (χ1n) is 4.40. The minimum Gasteiger partial charge on any atom is -0.294 e. The second-order valence-electron chi connectivity index (χ2n) is 2.95. The summed E-state index contributed by atoms with van der Waals surface area (Å²) in [6.45, 7) is 1.56. The van der Waals surface area contributed by atoms with E-state index < -0.39 is 0 Å². The number of carbonyl (C=O) groups is 1. The lowest BCUT2D eigenvalue weighted by molar-refractivity contribution is 0.101. The molecule has 0 saturated carbocycles. The summed E-state index contributed by atoms with van der Waals surface area (Å²) in [6, 6.07) is 7.44. The van der Waals surface area contributed by atoms with Gasteiger partial charge in [-0.15, -0.1) is 0 Å². The molecule has 0 amide bonds. The third kappa shape index (κ3) is 2.24. The zero-order valence-electron chi connectivity index (χ0n) is 8.10. The molecule has 1 aromatic heterocycles. The number of rotatable bonds is 3. The third-order valence-corrected chi connectivity index (χ3v) is 2.83. The van der Waals surface area contributed by atoms with Crippen LogP contribution in [-0.2, 0) is 0 Å². The van der Waals surface area contributed by atoms with Gasteiger partial charge < -0.3 is 0 Å². The van der Waals surface area contributed by atoms with Crippen LogP contribution in [0.25, 0.3) is 0 Å². The van der Waals surface area contributed by atoms with Crippen molar-refractivity contribution in [2.24, 2.45) is 0 Å². The molecule has 5 heteroatoms. The number of H-pyrrole nitrogens is 1. The molecular formula is C10H9N3OS. The average molecular weight is 219 g/mol. The van der Waals surface area contributed by atoms with Gasteiger partial charge >= 0.3 is 0 Å². The second kappa shape index (κ2) is 4.27. The summed E-state index contributed by atoms with van der Waals surface area (Å²) in [5, 5.41) is 7.18. The molecule has 0 saturated heterocycles. The van der Waals surface area contributed by atoms with E-state index >= 15 is 0 Å². The fourth-order valence-electron chi connectivity index (χ4n) is 1.19. The van der Waals surface area contributed by atoms with Gasteiger partial charge in [0.05, 0.1) is 0 Å². The molecule has 0 aliphatic carbocycles. The molecule has 0 radical (unpaired) electrons. The molecule has 15 heavy (non-hydrogen) atoms. The maximum atomic E-state index is 11.3. The Morgan fingerprint density at radius 3 is 2.87 bits per heavy atom. The van der Waals surface area contributed by atoms with Crippen molar-refractivity contribution < 1.29 is 4.79 Å². The Morgan fingerprint density at radius 1 is 1.40 bits per heavy atom. The smallest absolute Gasteiger partial charge is 0.188 e. The molecule has 0 aliphatic heterocycles. The molecule has 1 aromatic carbocycles. The molecule has 2 rings (SSSR count). The Bertz CT molecular complexity index is 467. The first kappa shape index (κ1) is 9.92. The SMILES string of the molecule is CC(=O)c1ccccc1Sc1ncn[nH]1. The number of hydrogen-bond donors (Lipinski definition) is 1. The van der Waals surface area contributed by atoms with Crippen molar-refractivity contribution in [3.63, 3.8) is 0 Å². The molecule has 0 atom stereocenters. The highest BCUT2D eigenvalue weighted by atomic mass is 32.2. The number of Topliss-reactive ketones (excluding diaryl/α,β-unsaturated/α-hetero) is 1. The van der Waals surface area contributed by atoms with Gasteiger partial charge in [0.1, 0.15) is 6.33 Å². The Labute approximate surface area is 91.1 Å². The fourth-order valence-corrected chi connectivity index (χ4v) is 2.07. The second-order valence-corrected chi connectivity index (χ2v) is 3.98. The summed E-state index contributed by atoms with van der Waals surface area (Å²) >= 11 is 1.40. The third-order valence-electron chi connectivity index (χ3n) is 1.87. The van der Waals surface area contributed by atoms with E-state index in [1.54, 1.807) is 13.0 Å². The Kier molecular flexibility index (Phi) is 2.82. The summed E-state index contributed by atoms with van der Waals surface area (Å²) in [6.07, 6.45) is 1.44. The van der Waals surface area contributed by atoms with Crippen LogP contribution < -0.4 is 0 Å². The monoisotopic (exact) mass is 219 g/mol. The van der Waals surface area contributed by atoms with Crippen molar-refractivity contribution in [3.8, 4) is 0 Å². The lowest BCUT2D eigenvalue weighted by Crippen LogP contribution is -1.94. The van der Waals surface area contributed by atoms with Crippen molar-refractivity contribution in [2.45, 2.75) is 17.0 Å². The van der Waals surface area contributed by atoms with Gasteiger partial charge in [-0.2, -0.15) is 5.10 Å². The first-order valence-corrected chi connectivity index (χ1v) is 5.22. The van der Waals surface area contributed by atoms with E-state index in [0.29, 0.717) is 10.7 Å². The topological polar surface area (TPSA) is 58.6 Å². The lowest BCUT2D eigenvalue weighted by atomic mass is 10.1. The van der Waals surface area contributed by atoms with Gasteiger partial charge in [0.15, 0.2) is 10.9 Å². The van der Waals surface area contributed by atoms with Crippen molar-refractivity contribution in [2.75, 3.05) is 0 Å². The molecule has 4 nitrogen and oxygen atoms in total. The van der Waals surface area contributed by atoms with Crippen molar-refractivity contribution in [3.05, 3.63) is 36.2 Å². The molecule has 0 spiro atoms. The van der Waals surface area contributed by atoms with Crippen molar-refractivity contribution in [1.82, 2.24) is 15.2 Å². The zero-order valence-corrected chi connectivity index (χ0v) is 8.91. The molecule has 0 fully saturated rings. The number of carbonyl (C=O) groups excluding carboxylic acids is 1. The molecule has 0 aliphatic rings. The molecule has 1 N–H and O–H groups in total. The summed E-state index contributed by atoms with van der Waals surface area (Å²) in [4.78, 5) is 16.2. The van der Waals surface area contributed by atoms with Crippen molar-refractivity contribution in [1.29, 1.82) is 0 Å². The first-order chi connectivity index (χ1) is 7.27. The molecule has 2 aromatic rings. The van der Waals surface area contributed by atoms with E-state index in [2.05, 4.69) is 15.2 Å². The summed E-state index contributed by atoms with van der Waals surface area (Å²) < 4.78 is 0. The Balaban J connectivity index is 2.32. The summed E-state index contributed by atoms with van der Waals surface area (Å²) in [5.74, 6) is 0.0533. The highest BCUT2D eigenvalue weighted by molar-refractivity contribution is 7.99. The highest BCUT2D eigenvalue weighted by Gasteiger charge is 2.08. The maximum Gasteiger partial charge on any atom is 0.188 e. The largest absolute Gasteiger partial charge is 0.294 e. The lowest BCUT2D eigenvalue weighted by Gasteiger charge is -2.02. The Morgan fingerprint density at radius 2 is 2.20 bits per heavy atom. The van der Waals surface area contributed by atoms with Gasteiger partial charge in [-0.25, -0.2) is 4.98 Å².